The number of carbonyl (C=O) groups is 2. The van der Waals surface area contributed by atoms with E-state index in [0.29, 0.717) is 29.3 Å². The molecule has 5 rings (SSSR count). The van der Waals surface area contributed by atoms with Gasteiger partial charge in [-0.3, -0.25) is 4.79 Å². The Morgan fingerprint density at radius 1 is 1.03 bits per heavy atom. The smallest absolute Gasteiger partial charge is 0.341 e. The largest absolute Gasteiger partial charge is 0.462 e. The van der Waals surface area contributed by atoms with Crippen LogP contribution in [0.25, 0.3) is 22.5 Å². The Labute approximate surface area is 224 Å². The first-order valence-corrected chi connectivity index (χ1v) is 14.4. The molecular formula is C29H29N3O3S2. The average molecular weight is 532 g/mol. The highest BCUT2D eigenvalue weighted by Crippen LogP contribution is 2.39. The van der Waals surface area contributed by atoms with Crippen molar-refractivity contribution in [3.63, 3.8) is 0 Å². The molecule has 0 radical (unpaired) electrons. The Bertz CT molecular complexity index is 1320. The maximum absolute atomic E-state index is 12.9. The number of aromatic nitrogens is 2. The minimum Gasteiger partial charge on any atom is -0.462 e. The number of thiophene rings is 1. The molecule has 2 heterocycles. The van der Waals surface area contributed by atoms with E-state index in [1.807, 2.05) is 48.5 Å². The van der Waals surface area contributed by atoms with Crippen molar-refractivity contribution < 1.29 is 14.3 Å². The molecule has 2 aromatic carbocycles. The number of H-pyrrole nitrogens is 1. The summed E-state index contributed by atoms with van der Waals surface area (Å²) in [6.07, 6.45) is 4.28. The lowest BCUT2D eigenvalue weighted by molar-refractivity contribution is -0.115. The highest BCUT2D eigenvalue weighted by atomic mass is 32.2. The average Bonchev–Trinajstić information content (AvgIpc) is 3.51. The zero-order valence-electron chi connectivity index (χ0n) is 20.7. The van der Waals surface area contributed by atoms with Crippen LogP contribution >= 0.6 is 23.1 Å². The number of ether oxygens (including phenoxy) is 1. The molecule has 0 aliphatic heterocycles. The van der Waals surface area contributed by atoms with Crippen LogP contribution in [0.15, 0.2) is 65.8 Å². The molecule has 4 aromatic rings. The van der Waals surface area contributed by atoms with E-state index in [-0.39, 0.29) is 11.9 Å². The second kappa shape index (κ2) is 11.8. The summed E-state index contributed by atoms with van der Waals surface area (Å²) in [7, 11) is 0. The summed E-state index contributed by atoms with van der Waals surface area (Å²) in [6, 6.07) is 20.2. The zero-order chi connectivity index (χ0) is 25.6. The Morgan fingerprint density at radius 3 is 2.46 bits per heavy atom. The number of fused-ring (bicyclic) bond motifs is 1. The number of hydrogen-bond acceptors (Lipinski definition) is 6. The molecule has 0 spiro atoms. The molecule has 1 amide bonds. The number of rotatable bonds is 9. The standard InChI is InChI=1S/C29H29N3O3S2/c1-2-35-28(34)24-21-15-9-10-16-22(21)37-27(24)30-23(33)17-18-36-29-31-25(19-11-5-3-6-12-19)26(32-29)20-13-7-4-8-14-20/h3-8,11-14H,2,9-10,15-18H2,1H3,(H,30,33)(H,31,32). The van der Waals surface area contributed by atoms with E-state index >= 15 is 0 Å². The van der Waals surface area contributed by atoms with E-state index in [9.17, 15) is 9.59 Å². The summed E-state index contributed by atoms with van der Waals surface area (Å²) < 4.78 is 5.30. The lowest BCUT2D eigenvalue weighted by Gasteiger charge is -2.12. The first kappa shape index (κ1) is 25.3. The number of amides is 1. The molecule has 37 heavy (non-hydrogen) atoms. The first-order valence-electron chi connectivity index (χ1n) is 12.6. The molecule has 2 aromatic heterocycles. The van der Waals surface area contributed by atoms with Crippen molar-refractivity contribution in [2.45, 2.75) is 44.2 Å². The van der Waals surface area contributed by atoms with Gasteiger partial charge >= 0.3 is 5.97 Å². The van der Waals surface area contributed by atoms with Crippen LogP contribution in [0.5, 0.6) is 0 Å². The molecule has 0 unspecified atom stereocenters. The van der Waals surface area contributed by atoms with E-state index in [1.165, 1.54) is 28.0 Å². The fraction of sp³-hybridized carbons (Fsp3) is 0.276. The number of imidazole rings is 1. The second-order valence-corrected chi connectivity index (χ2v) is 11.0. The number of anilines is 1. The zero-order valence-corrected chi connectivity index (χ0v) is 22.3. The van der Waals surface area contributed by atoms with Gasteiger partial charge < -0.3 is 15.0 Å². The minimum atomic E-state index is -0.343. The predicted octanol–water partition coefficient (Wildman–Crippen LogP) is 6.98. The van der Waals surface area contributed by atoms with Crippen LogP contribution in [0.4, 0.5) is 5.00 Å². The monoisotopic (exact) mass is 531 g/mol. The van der Waals surface area contributed by atoms with Gasteiger partial charge in [0.1, 0.15) is 5.00 Å². The highest BCUT2D eigenvalue weighted by Gasteiger charge is 2.27. The van der Waals surface area contributed by atoms with Gasteiger partial charge in [-0.05, 0) is 38.2 Å². The number of carbonyl (C=O) groups excluding carboxylic acids is 2. The molecule has 0 saturated carbocycles. The highest BCUT2D eigenvalue weighted by molar-refractivity contribution is 7.99. The van der Waals surface area contributed by atoms with Crippen molar-refractivity contribution in [3.8, 4) is 22.5 Å². The van der Waals surface area contributed by atoms with E-state index in [4.69, 9.17) is 9.72 Å². The van der Waals surface area contributed by atoms with Crippen LogP contribution in [0.1, 0.15) is 47.0 Å². The van der Waals surface area contributed by atoms with Crippen LogP contribution < -0.4 is 5.32 Å². The van der Waals surface area contributed by atoms with Crippen molar-refractivity contribution in [2.24, 2.45) is 0 Å². The Balaban J connectivity index is 1.28. The van der Waals surface area contributed by atoms with Crippen LogP contribution in [-0.2, 0) is 22.4 Å². The molecule has 190 valence electrons. The molecule has 1 aliphatic rings. The van der Waals surface area contributed by atoms with Crippen molar-refractivity contribution >= 4 is 40.0 Å². The summed E-state index contributed by atoms with van der Waals surface area (Å²) in [6.45, 7) is 2.11. The fourth-order valence-electron chi connectivity index (χ4n) is 4.54. The SMILES string of the molecule is CCOC(=O)c1c(NC(=O)CCSc2nc(-c3ccccc3)c(-c3ccccc3)[nH]2)sc2c1CCCC2. The van der Waals surface area contributed by atoms with Gasteiger partial charge in [0.05, 0.1) is 23.6 Å². The lowest BCUT2D eigenvalue weighted by Crippen LogP contribution is -2.16. The lowest BCUT2D eigenvalue weighted by atomic mass is 9.95. The van der Waals surface area contributed by atoms with E-state index in [2.05, 4.69) is 22.4 Å². The van der Waals surface area contributed by atoms with Gasteiger partial charge in [-0.2, -0.15) is 0 Å². The third-order valence-electron chi connectivity index (χ3n) is 6.26. The number of thioether (sulfide) groups is 1. The summed E-state index contributed by atoms with van der Waals surface area (Å²) in [4.78, 5) is 35.0. The van der Waals surface area contributed by atoms with Crippen LogP contribution in [-0.4, -0.2) is 34.2 Å². The number of esters is 1. The van der Waals surface area contributed by atoms with Crippen LogP contribution in [0.3, 0.4) is 0 Å². The molecule has 0 atom stereocenters. The minimum absolute atomic E-state index is 0.116. The fourth-order valence-corrected chi connectivity index (χ4v) is 6.65. The predicted molar refractivity (Wildman–Crippen MR) is 150 cm³/mol. The van der Waals surface area contributed by atoms with Gasteiger partial charge in [-0.1, -0.05) is 72.4 Å². The maximum atomic E-state index is 12.9. The quantitative estimate of drug-likeness (QED) is 0.180. The number of aromatic amines is 1. The third kappa shape index (κ3) is 5.81. The molecular weight excluding hydrogens is 502 g/mol. The molecule has 0 bridgehead atoms. The molecule has 0 saturated heterocycles. The summed E-state index contributed by atoms with van der Waals surface area (Å²) in [5, 5.41) is 4.39. The summed E-state index contributed by atoms with van der Waals surface area (Å²) in [5.74, 6) is 0.0977. The topological polar surface area (TPSA) is 84.1 Å². The van der Waals surface area contributed by atoms with Crippen molar-refractivity contribution in [3.05, 3.63) is 76.7 Å². The first-order chi connectivity index (χ1) is 18.1. The Hall–Kier alpha value is -3.36. The molecule has 0 fully saturated rings. The number of nitrogens with one attached hydrogen (secondary N) is 2. The summed E-state index contributed by atoms with van der Waals surface area (Å²) >= 11 is 3.03. The molecule has 6 nitrogen and oxygen atoms in total. The van der Waals surface area contributed by atoms with E-state index < -0.39 is 0 Å². The maximum Gasteiger partial charge on any atom is 0.341 e. The number of aryl methyl sites for hydroxylation is 1. The van der Waals surface area contributed by atoms with Gasteiger partial charge in [0, 0.05) is 28.2 Å². The van der Waals surface area contributed by atoms with E-state index in [1.54, 1.807) is 6.92 Å². The van der Waals surface area contributed by atoms with Crippen molar-refractivity contribution in [2.75, 3.05) is 17.7 Å². The number of nitrogens with zero attached hydrogens (tertiary/aromatic N) is 1. The third-order valence-corrected chi connectivity index (χ3v) is 8.35. The number of benzene rings is 2. The number of hydrogen-bond donors (Lipinski definition) is 2. The van der Waals surface area contributed by atoms with E-state index in [0.717, 1.165) is 58.9 Å². The Morgan fingerprint density at radius 2 is 1.73 bits per heavy atom. The second-order valence-electron chi connectivity index (χ2n) is 8.78. The van der Waals surface area contributed by atoms with Gasteiger partial charge in [0.25, 0.3) is 0 Å². The van der Waals surface area contributed by atoms with Crippen molar-refractivity contribution in [1.29, 1.82) is 0 Å². The van der Waals surface area contributed by atoms with Gasteiger partial charge in [-0.25, -0.2) is 9.78 Å². The Kier molecular flexibility index (Phi) is 8.06. The van der Waals surface area contributed by atoms with Crippen LogP contribution in [0, 0.1) is 0 Å². The molecule has 8 heteroatoms. The summed E-state index contributed by atoms with van der Waals surface area (Å²) in [5.41, 5.74) is 5.55. The van der Waals surface area contributed by atoms with Gasteiger partial charge in [0.15, 0.2) is 5.16 Å². The van der Waals surface area contributed by atoms with Crippen molar-refractivity contribution in [1.82, 2.24) is 9.97 Å². The normalized spacial score (nSPS) is 12.7. The molecule has 1 aliphatic carbocycles. The van der Waals surface area contributed by atoms with Gasteiger partial charge in [-0.15, -0.1) is 11.3 Å². The molecule has 2 N–H and O–H groups in total. The van der Waals surface area contributed by atoms with Gasteiger partial charge in [0.2, 0.25) is 5.91 Å². The van der Waals surface area contributed by atoms with Crippen LogP contribution in [0.2, 0.25) is 0 Å².